The van der Waals surface area contributed by atoms with Gasteiger partial charge >= 0.3 is 0 Å². The molecule has 4 rings (SSSR count). The lowest BCUT2D eigenvalue weighted by molar-refractivity contribution is 0.0606. The summed E-state index contributed by atoms with van der Waals surface area (Å²) in [6, 6.07) is 7.74. The lowest BCUT2D eigenvalue weighted by atomic mass is 9.93. The van der Waals surface area contributed by atoms with Gasteiger partial charge in [-0.2, -0.15) is 5.10 Å². The van der Waals surface area contributed by atoms with E-state index in [0.717, 1.165) is 41.6 Å². The topological polar surface area (TPSA) is 61.9 Å². The molecule has 1 atom stereocenters. The zero-order valence-corrected chi connectivity index (χ0v) is 15.2. The number of hydrogen-bond donors (Lipinski definition) is 1. The van der Waals surface area contributed by atoms with Gasteiger partial charge in [0.05, 0.1) is 17.9 Å². The van der Waals surface area contributed by atoms with E-state index >= 15 is 0 Å². The third-order valence-electron chi connectivity index (χ3n) is 5.15. The van der Waals surface area contributed by atoms with Crippen LogP contribution in [0.25, 0.3) is 11.1 Å². The summed E-state index contributed by atoms with van der Waals surface area (Å²) in [5.74, 6) is -0.546. The van der Waals surface area contributed by atoms with Crippen molar-refractivity contribution in [3.63, 3.8) is 0 Å². The first kappa shape index (κ1) is 17.4. The summed E-state index contributed by atoms with van der Waals surface area (Å²) in [5, 5.41) is 7.36. The molecule has 1 amide bonds. The van der Waals surface area contributed by atoms with Crippen molar-refractivity contribution in [3.8, 4) is 11.1 Å². The fourth-order valence-electron chi connectivity index (χ4n) is 3.80. The molecule has 6 heteroatoms. The predicted molar refractivity (Wildman–Crippen MR) is 101 cm³/mol. The highest BCUT2D eigenvalue weighted by molar-refractivity contribution is 5.94. The van der Waals surface area contributed by atoms with E-state index in [1.54, 1.807) is 24.5 Å². The quantitative estimate of drug-likeness (QED) is 0.754. The van der Waals surface area contributed by atoms with Crippen LogP contribution in [0, 0.1) is 12.7 Å². The van der Waals surface area contributed by atoms with Crippen LogP contribution in [0.5, 0.6) is 0 Å². The molecule has 5 nitrogen and oxygen atoms in total. The van der Waals surface area contributed by atoms with E-state index in [9.17, 15) is 9.18 Å². The van der Waals surface area contributed by atoms with Crippen LogP contribution in [0.15, 0.2) is 48.9 Å². The van der Waals surface area contributed by atoms with Crippen LogP contribution in [0.3, 0.4) is 0 Å². The molecule has 0 radical (unpaired) electrons. The van der Waals surface area contributed by atoms with Crippen LogP contribution in [0.4, 0.5) is 4.39 Å². The summed E-state index contributed by atoms with van der Waals surface area (Å²) in [7, 11) is 0. The molecule has 3 heterocycles. The number of carbonyl (C=O) groups is 1. The Balaban J connectivity index is 1.71. The van der Waals surface area contributed by atoms with Crippen molar-refractivity contribution < 1.29 is 9.18 Å². The number of rotatable bonds is 3. The molecular weight excluding hydrogens is 343 g/mol. The number of carbonyl (C=O) groups excluding carboxylic acids is 1. The standard InChI is InChI=1S/C21H21FN4O/c1-14-12-23-9-8-17(14)18-13-24-25-20(18)19-7-2-3-10-26(19)21(27)15-5-4-6-16(22)11-15/h4-6,8-9,11-13,19H,2-3,7,10H2,1H3,(H,24,25)/t19-/m1/s1. The molecule has 138 valence electrons. The molecule has 1 saturated heterocycles. The van der Waals surface area contributed by atoms with Crippen molar-refractivity contribution in [2.75, 3.05) is 6.54 Å². The van der Waals surface area contributed by atoms with Crippen LogP contribution in [-0.4, -0.2) is 32.5 Å². The fourth-order valence-corrected chi connectivity index (χ4v) is 3.80. The second-order valence-corrected chi connectivity index (χ2v) is 6.91. The average Bonchev–Trinajstić information content (AvgIpc) is 3.17. The first-order valence-corrected chi connectivity index (χ1v) is 9.16. The molecule has 0 aliphatic carbocycles. The molecule has 0 bridgehead atoms. The SMILES string of the molecule is Cc1cnccc1-c1cn[nH]c1[C@H]1CCCCN1C(=O)c1cccc(F)c1. The van der Waals surface area contributed by atoms with Crippen LogP contribution in [0.2, 0.25) is 0 Å². The number of aromatic nitrogens is 3. The lowest BCUT2D eigenvalue weighted by Crippen LogP contribution is -2.39. The highest BCUT2D eigenvalue weighted by Crippen LogP contribution is 2.37. The number of aromatic amines is 1. The number of amides is 1. The van der Waals surface area contributed by atoms with Crippen molar-refractivity contribution in [1.82, 2.24) is 20.1 Å². The molecule has 0 unspecified atom stereocenters. The Labute approximate surface area is 157 Å². The van der Waals surface area contributed by atoms with Gasteiger partial charge in [0.15, 0.2) is 0 Å². The molecule has 2 aromatic heterocycles. The smallest absolute Gasteiger partial charge is 0.254 e. The van der Waals surface area contributed by atoms with Crippen LogP contribution in [-0.2, 0) is 0 Å². The molecule has 1 aliphatic heterocycles. The minimum absolute atomic E-state index is 0.111. The average molecular weight is 364 g/mol. The maximum absolute atomic E-state index is 13.6. The van der Waals surface area contributed by atoms with Crippen molar-refractivity contribution >= 4 is 5.91 Å². The van der Waals surface area contributed by atoms with Gasteiger partial charge in [0.25, 0.3) is 5.91 Å². The van der Waals surface area contributed by atoms with Gasteiger partial charge in [-0.25, -0.2) is 4.39 Å². The normalized spacial score (nSPS) is 17.1. The number of nitrogens with one attached hydrogen (secondary N) is 1. The summed E-state index contributed by atoms with van der Waals surface area (Å²) < 4.78 is 13.6. The molecule has 1 aromatic carbocycles. The third kappa shape index (κ3) is 3.35. The van der Waals surface area contributed by atoms with Gasteiger partial charge in [-0.05, 0) is 61.6 Å². The van der Waals surface area contributed by atoms with E-state index in [1.165, 1.54) is 12.1 Å². The van der Waals surface area contributed by atoms with E-state index in [1.807, 2.05) is 24.1 Å². The van der Waals surface area contributed by atoms with Gasteiger partial charge in [0, 0.05) is 30.1 Å². The Kier molecular flexibility index (Phi) is 4.71. The number of likely N-dealkylation sites (tertiary alicyclic amines) is 1. The van der Waals surface area contributed by atoms with Crippen LogP contribution >= 0.6 is 0 Å². The summed E-state index contributed by atoms with van der Waals surface area (Å²) in [5.41, 5.74) is 4.40. The van der Waals surface area contributed by atoms with Crippen molar-refractivity contribution in [2.24, 2.45) is 0 Å². The zero-order valence-electron chi connectivity index (χ0n) is 15.2. The molecule has 1 fully saturated rings. The second-order valence-electron chi connectivity index (χ2n) is 6.91. The number of aryl methyl sites for hydroxylation is 1. The zero-order chi connectivity index (χ0) is 18.8. The Morgan fingerprint density at radius 3 is 2.93 bits per heavy atom. The number of hydrogen-bond acceptors (Lipinski definition) is 3. The number of nitrogens with zero attached hydrogens (tertiary/aromatic N) is 3. The van der Waals surface area contributed by atoms with Crippen molar-refractivity contribution in [2.45, 2.75) is 32.2 Å². The Bertz CT molecular complexity index is 968. The van der Waals surface area contributed by atoms with Crippen molar-refractivity contribution in [1.29, 1.82) is 0 Å². The first-order valence-electron chi connectivity index (χ1n) is 9.16. The van der Waals surface area contributed by atoms with E-state index in [2.05, 4.69) is 15.2 Å². The summed E-state index contributed by atoms with van der Waals surface area (Å²) in [6.07, 6.45) is 8.20. The molecule has 27 heavy (non-hydrogen) atoms. The molecule has 1 N–H and O–H groups in total. The van der Waals surface area contributed by atoms with Gasteiger partial charge in [0.1, 0.15) is 5.82 Å². The van der Waals surface area contributed by atoms with E-state index in [4.69, 9.17) is 0 Å². The van der Waals surface area contributed by atoms with Crippen molar-refractivity contribution in [3.05, 3.63) is 71.6 Å². The second kappa shape index (κ2) is 7.31. The Morgan fingerprint density at radius 2 is 2.11 bits per heavy atom. The number of benzene rings is 1. The Morgan fingerprint density at radius 1 is 1.22 bits per heavy atom. The number of pyridine rings is 1. The summed E-state index contributed by atoms with van der Waals surface area (Å²) in [4.78, 5) is 19.1. The Hall–Kier alpha value is -3.02. The van der Waals surface area contributed by atoms with E-state index in [-0.39, 0.29) is 11.9 Å². The molecule has 0 saturated carbocycles. The van der Waals surface area contributed by atoms with Gasteiger partial charge in [-0.1, -0.05) is 6.07 Å². The highest BCUT2D eigenvalue weighted by atomic mass is 19.1. The number of piperidine rings is 1. The van der Waals surface area contributed by atoms with Gasteiger partial charge < -0.3 is 4.90 Å². The molecule has 1 aliphatic rings. The minimum Gasteiger partial charge on any atom is -0.330 e. The largest absolute Gasteiger partial charge is 0.330 e. The maximum Gasteiger partial charge on any atom is 0.254 e. The lowest BCUT2D eigenvalue weighted by Gasteiger charge is -2.36. The molecule has 3 aromatic rings. The summed E-state index contributed by atoms with van der Waals surface area (Å²) in [6.45, 7) is 2.66. The van der Waals surface area contributed by atoms with Crippen LogP contribution < -0.4 is 0 Å². The molecule has 0 spiro atoms. The van der Waals surface area contributed by atoms with E-state index < -0.39 is 5.82 Å². The third-order valence-corrected chi connectivity index (χ3v) is 5.15. The first-order chi connectivity index (χ1) is 13.1. The van der Waals surface area contributed by atoms with Gasteiger partial charge in [0.2, 0.25) is 0 Å². The number of halogens is 1. The van der Waals surface area contributed by atoms with E-state index in [0.29, 0.717) is 12.1 Å². The van der Waals surface area contributed by atoms with Gasteiger partial charge in [-0.3, -0.25) is 14.9 Å². The monoisotopic (exact) mass is 364 g/mol. The highest BCUT2D eigenvalue weighted by Gasteiger charge is 2.31. The minimum atomic E-state index is -0.399. The fraction of sp³-hybridized carbons (Fsp3) is 0.286. The molecular formula is C21H21FN4O. The maximum atomic E-state index is 13.6. The number of H-pyrrole nitrogens is 1. The summed E-state index contributed by atoms with van der Waals surface area (Å²) >= 11 is 0. The van der Waals surface area contributed by atoms with Crippen LogP contribution in [0.1, 0.15) is 46.9 Å². The predicted octanol–water partition coefficient (Wildman–Crippen LogP) is 4.29. The van der Waals surface area contributed by atoms with Gasteiger partial charge in [-0.15, -0.1) is 0 Å².